The Morgan fingerprint density at radius 1 is 1.14 bits per heavy atom. The van der Waals surface area contributed by atoms with Crippen LogP contribution in [0.25, 0.3) is 10.2 Å². The lowest BCUT2D eigenvalue weighted by molar-refractivity contribution is 0.0324. The molecule has 0 amide bonds. The van der Waals surface area contributed by atoms with Crippen LogP contribution >= 0.6 is 11.3 Å². The largest absolute Gasteiger partial charge is 0.379 e. The lowest BCUT2D eigenvalue weighted by Crippen LogP contribution is -2.50. The Kier molecular flexibility index (Phi) is 4.30. The molecule has 2 aromatic heterocycles. The maximum atomic E-state index is 5.50. The summed E-state index contributed by atoms with van der Waals surface area (Å²) in [5.41, 5.74) is 4.23. The number of aryl methyl sites for hydroxylation is 2. The van der Waals surface area contributed by atoms with Gasteiger partial charge >= 0.3 is 0 Å². The topological polar surface area (TPSA) is 69.7 Å². The van der Waals surface area contributed by atoms with Gasteiger partial charge in [0.25, 0.3) is 0 Å². The van der Waals surface area contributed by atoms with Gasteiger partial charge in [0.2, 0.25) is 5.95 Å². The minimum Gasteiger partial charge on any atom is -0.379 e. The van der Waals surface area contributed by atoms with E-state index >= 15 is 0 Å². The van der Waals surface area contributed by atoms with Crippen LogP contribution in [-0.4, -0.2) is 60.0 Å². The Hall–Kier alpha value is -2.49. The molecule has 0 atom stereocenters. The number of nitrogens with one attached hydrogen (secondary N) is 1. The predicted octanol–water partition coefficient (Wildman–Crippen LogP) is 2.91. The van der Waals surface area contributed by atoms with Gasteiger partial charge in [-0.05, 0) is 31.5 Å². The minimum absolute atomic E-state index is 0.607. The first kappa shape index (κ1) is 17.6. The highest BCUT2D eigenvalue weighted by Gasteiger charge is 2.31. The van der Waals surface area contributed by atoms with Gasteiger partial charge in [-0.2, -0.15) is 4.98 Å². The second-order valence-electron chi connectivity index (χ2n) is 7.20. The Morgan fingerprint density at radius 3 is 2.79 bits per heavy atom. The van der Waals surface area contributed by atoms with Gasteiger partial charge in [0, 0.05) is 25.8 Å². The number of benzene rings is 1. The van der Waals surface area contributed by atoms with Crippen molar-refractivity contribution in [2.24, 2.45) is 0 Å². The van der Waals surface area contributed by atoms with E-state index in [0.717, 1.165) is 66.3 Å². The lowest BCUT2D eigenvalue weighted by atomic mass is 10.2. The minimum atomic E-state index is 0.607. The lowest BCUT2D eigenvalue weighted by Gasteiger charge is -2.35. The number of hydrazine groups is 1. The fourth-order valence-corrected chi connectivity index (χ4v) is 4.55. The summed E-state index contributed by atoms with van der Waals surface area (Å²) in [5, 5.41) is 9.02. The maximum absolute atomic E-state index is 5.50. The van der Waals surface area contributed by atoms with E-state index in [4.69, 9.17) is 9.72 Å². The fraction of sp³-hybridized carbons (Fsp3) is 0.421. The summed E-state index contributed by atoms with van der Waals surface area (Å²) in [4.78, 5) is 16.1. The van der Waals surface area contributed by atoms with Gasteiger partial charge in [0.1, 0.15) is 12.4 Å². The molecule has 0 bridgehead atoms. The number of anilines is 4. The van der Waals surface area contributed by atoms with Crippen molar-refractivity contribution in [2.75, 3.05) is 55.2 Å². The van der Waals surface area contributed by atoms with E-state index < -0.39 is 0 Å². The molecular formula is C19H23N7OS. The van der Waals surface area contributed by atoms with Crippen LogP contribution < -0.4 is 15.2 Å². The third-order valence-corrected chi connectivity index (χ3v) is 6.10. The number of aromatic nitrogens is 3. The summed E-state index contributed by atoms with van der Waals surface area (Å²) in [6.07, 6.45) is 1.90. The second kappa shape index (κ2) is 6.84. The molecule has 3 aromatic rings. The second-order valence-corrected chi connectivity index (χ2v) is 8.43. The van der Waals surface area contributed by atoms with Crippen molar-refractivity contribution in [1.29, 1.82) is 0 Å². The molecule has 4 heterocycles. The molecule has 2 aliphatic heterocycles. The molecule has 0 saturated carbocycles. The van der Waals surface area contributed by atoms with Crippen molar-refractivity contribution < 1.29 is 4.74 Å². The number of hydrogen-bond acceptors (Lipinski definition) is 9. The Bertz CT molecular complexity index is 1030. The molecule has 8 nitrogen and oxygen atoms in total. The molecule has 146 valence electrons. The van der Waals surface area contributed by atoms with Crippen molar-refractivity contribution in [3.05, 3.63) is 28.9 Å². The highest BCUT2D eigenvalue weighted by molar-refractivity contribution is 7.18. The van der Waals surface area contributed by atoms with Crippen LogP contribution in [0.4, 0.5) is 23.1 Å². The van der Waals surface area contributed by atoms with Gasteiger partial charge in [0.15, 0.2) is 5.82 Å². The molecule has 1 aromatic carbocycles. The zero-order valence-electron chi connectivity index (χ0n) is 16.3. The van der Waals surface area contributed by atoms with Gasteiger partial charge < -0.3 is 15.0 Å². The molecule has 1 N–H and O–H groups in total. The summed E-state index contributed by atoms with van der Waals surface area (Å²) in [7, 11) is 2.07. The summed E-state index contributed by atoms with van der Waals surface area (Å²) in [5.74, 6) is 1.55. The number of morpholine rings is 1. The van der Waals surface area contributed by atoms with Crippen LogP contribution in [-0.2, 0) is 4.74 Å². The van der Waals surface area contributed by atoms with E-state index in [2.05, 4.69) is 56.3 Å². The van der Waals surface area contributed by atoms with Crippen molar-refractivity contribution in [1.82, 2.24) is 20.0 Å². The molecule has 0 unspecified atom stereocenters. The van der Waals surface area contributed by atoms with E-state index in [1.165, 1.54) is 4.70 Å². The monoisotopic (exact) mass is 397 g/mol. The molecule has 5 rings (SSSR count). The summed E-state index contributed by atoms with van der Waals surface area (Å²) in [6.45, 7) is 8.14. The van der Waals surface area contributed by atoms with Crippen molar-refractivity contribution >= 4 is 44.7 Å². The molecule has 9 heteroatoms. The van der Waals surface area contributed by atoms with Gasteiger partial charge in [-0.25, -0.2) is 15.0 Å². The van der Waals surface area contributed by atoms with Crippen LogP contribution in [0.5, 0.6) is 0 Å². The molecule has 1 saturated heterocycles. The Balaban J connectivity index is 1.46. The zero-order valence-corrected chi connectivity index (χ0v) is 17.1. The molecule has 1 fully saturated rings. The first-order valence-electron chi connectivity index (χ1n) is 9.41. The first-order chi connectivity index (χ1) is 13.6. The number of thiazole rings is 1. The van der Waals surface area contributed by atoms with Crippen LogP contribution in [0, 0.1) is 13.8 Å². The summed E-state index contributed by atoms with van der Waals surface area (Å²) >= 11 is 1.70. The molecule has 2 aliphatic rings. The number of hydrogen-bond donors (Lipinski definition) is 1. The zero-order chi connectivity index (χ0) is 19.3. The van der Waals surface area contributed by atoms with Crippen molar-refractivity contribution in [3.63, 3.8) is 0 Å². The fourth-order valence-electron chi connectivity index (χ4n) is 3.70. The molecule has 0 aliphatic carbocycles. The Morgan fingerprint density at radius 2 is 1.96 bits per heavy atom. The van der Waals surface area contributed by atoms with E-state index in [9.17, 15) is 0 Å². The van der Waals surface area contributed by atoms with Crippen LogP contribution in [0.1, 0.15) is 10.6 Å². The molecular weight excluding hydrogens is 374 g/mol. The van der Waals surface area contributed by atoms with Crippen LogP contribution in [0.2, 0.25) is 0 Å². The summed E-state index contributed by atoms with van der Waals surface area (Å²) in [6, 6.07) is 4.25. The molecule has 0 radical (unpaired) electrons. The number of fused-ring (bicyclic) bond motifs is 2. The van der Waals surface area contributed by atoms with Crippen LogP contribution in [0.3, 0.4) is 0 Å². The van der Waals surface area contributed by atoms with E-state index in [1.54, 1.807) is 11.3 Å². The van der Waals surface area contributed by atoms with Gasteiger partial charge in [-0.15, -0.1) is 11.3 Å². The molecule has 28 heavy (non-hydrogen) atoms. The van der Waals surface area contributed by atoms with Crippen molar-refractivity contribution in [3.8, 4) is 0 Å². The van der Waals surface area contributed by atoms with Gasteiger partial charge in [-0.1, -0.05) is 0 Å². The SMILES string of the molecule is Cc1nc2cc(C)c(Nc3ncc4c(n3)N(N3CCOCC3)CN4C)cc2s1. The number of ether oxygens (including phenoxy) is 1. The number of rotatable bonds is 3. The smallest absolute Gasteiger partial charge is 0.229 e. The maximum Gasteiger partial charge on any atom is 0.229 e. The average molecular weight is 398 g/mol. The predicted molar refractivity (Wildman–Crippen MR) is 113 cm³/mol. The van der Waals surface area contributed by atoms with E-state index in [-0.39, 0.29) is 0 Å². The highest BCUT2D eigenvalue weighted by atomic mass is 32.1. The highest BCUT2D eigenvalue weighted by Crippen LogP contribution is 2.35. The number of nitrogens with zero attached hydrogens (tertiary/aromatic N) is 6. The van der Waals surface area contributed by atoms with Gasteiger partial charge in [-0.3, -0.25) is 5.01 Å². The van der Waals surface area contributed by atoms with E-state index in [0.29, 0.717) is 5.95 Å². The van der Waals surface area contributed by atoms with E-state index in [1.807, 2.05) is 13.1 Å². The third kappa shape index (κ3) is 3.05. The first-order valence-corrected chi connectivity index (χ1v) is 10.2. The standard InChI is InChI=1S/C19H23N7OS/c1-12-8-15-17(28-13(2)21-15)9-14(12)22-19-20-10-16-18(23-19)26(11-24(16)3)25-4-6-27-7-5-25/h8-10H,4-7,11H2,1-3H3,(H,20,22,23). The van der Waals surface area contributed by atoms with Crippen LogP contribution in [0.15, 0.2) is 18.3 Å². The third-order valence-electron chi connectivity index (χ3n) is 5.17. The van der Waals surface area contributed by atoms with Crippen molar-refractivity contribution in [2.45, 2.75) is 13.8 Å². The quantitative estimate of drug-likeness (QED) is 0.724. The molecule has 0 spiro atoms. The summed E-state index contributed by atoms with van der Waals surface area (Å²) < 4.78 is 6.66. The van der Waals surface area contributed by atoms with Gasteiger partial charge in [0.05, 0.1) is 34.6 Å². The normalized spacial score (nSPS) is 17.4. The Labute approximate surface area is 167 Å². The average Bonchev–Trinajstić information content (AvgIpc) is 3.21.